The van der Waals surface area contributed by atoms with E-state index in [4.69, 9.17) is 4.74 Å². The number of para-hydroxylation sites is 2. The van der Waals surface area contributed by atoms with Gasteiger partial charge in [0.15, 0.2) is 0 Å². The molecule has 27 heavy (non-hydrogen) atoms. The van der Waals surface area contributed by atoms with Crippen molar-refractivity contribution >= 4 is 22.0 Å². The van der Waals surface area contributed by atoms with Crippen LogP contribution in [0.5, 0.6) is 5.75 Å². The Balaban J connectivity index is 1.75. The first kappa shape index (κ1) is 19.7. The van der Waals surface area contributed by atoms with Crippen molar-refractivity contribution in [2.75, 3.05) is 23.7 Å². The van der Waals surface area contributed by atoms with Crippen molar-refractivity contribution in [2.24, 2.45) is 5.16 Å². The summed E-state index contributed by atoms with van der Waals surface area (Å²) in [4.78, 5) is 5.27. The van der Waals surface area contributed by atoms with Crippen LogP contribution in [-0.2, 0) is 14.9 Å². The van der Waals surface area contributed by atoms with Crippen LogP contribution in [0.4, 0.5) is 18.9 Å². The third kappa shape index (κ3) is 4.29. The molecule has 0 amide bonds. The lowest BCUT2D eigenvalue weighted by molar-refractivity contribution is -0.211. The van der Waals surface area contributed by atoms with Crippen LogP contribution in [0.25, 0.3) is 0 Å². The van der Waals surface area contributed by atoms with Crippen molar-refractivity contribution in [1.82, 2.24) is 4.31 Å². The molecule has 0 aliphatic carbocycles. The van der Waals surface area contributed by atoms with Crippen LogP contribution < -0.4 is 9.64 Å². The molecule has 0 saturated carbocycles. The third-order valence-electron chi connectivity index (χ3n) is 4.27. The molecular weight excluding hydrogens is 387 g/mol. The van der Waals surface area contributed by atoms with Crippen LogP contribution in [0.15, 0.2) is 29.4 Å². The maximum Gasteiger partial charge on any atom is 0.448 e. The first-order chi connectivity index (χ1) is 12.7. The van der Waals surface area contributed by atoms with Gasteiger partial charge in [-0.2, -0.15) is 17.5 Å². The molecule has 11 heteroatoms. The summed E-state index contributed by atoms with van der Waals surface area (Å²) in [5, 5.41) is 3.26. The highest BCUT2D eigenvalue weighted by Gasteiger charge is 2.49. The second-order valence-corrected chi connectivity index (χ2v) is 8.39. The van der Waals surface area contributed by atoms with Gasteiger partial charge in [-0.05, 0) is 25.0 Å². The van der Waals surface area contributed by atoms with Crippen molar-refractivity contribution < 1.29 is 31.2 Å². The number of sulfonamides is 1. The number of benzene rings is 1. The van der Waals surface area contributed by atoms with E-state index in [1.54, 1.807) is 19.1 Å². The fraction of sp³-hybridized carbons (Fsp3) is 0.562. The number of halogens is 3. The van der Waals surface area contributed by atoms with Gasteiger partial charge in [0.05, 0.1) is 18.0 Å². The summed E-state index contributed by atoms with van der Waals surface area (Å²) >= 11 is 0. The topological polar surface area (TPSA) is 71.4 Å². The van der Waals surface area contributed by atoms with Crippen LogP contribution in [0.2, 0.25) is 0 Å². The molecule has 2 unspecified atom stereocenters. The Morgan fingerprint density at radius 2 is 2.07 bits per heavy atom. The van der Waals surface area contributed by atoms with E-state index in [-0.39, 0.29) is 23.7 Å². The lowest BCUT2D eigenvalue weighted by Crippen LogP contribution is -2.43. The molecule has 0 spiro atoms. The van der Waals surface area contributed by atoms with E-state index < -0.39 is 28.5 Å². The zero-order chi connectivity index (χ0) is 19.7. The van der Waals surface area contributed by atoms with Crippen molar-refractivity contribution in [3.05, 3.63) is 24.3 Å². The number of hydrogen-bond donors (Lipinski definition) is 0. The maximum absolute atomic E-state index is 13.1. The molecule has 2 aliphatic rings. The molecular formula is C16H20F3N3O4S. The molecule has 0 N–H and O–H groups in total. The molecule has 1 aromatic rings. The Morgan fingerprint density at radius 3 is 2.78 bits per heavy atom. The summed E-state index contributed by atoms with van der Waals surface area (Å²) in [5.41, 5.74) is 0.149. The van der Waals surface area contributed by atoms with E-state index in [9.17, 15) is 21.6 Å². The van der Waals surface area contributed by atoms with Crippen LogP contribution in [0.3, 0.4) is 0 Å². The van der Waals surface area contributed by atoms with Gasteiger partial charge in [0.1, 0.15) is 18.2 Å². The Hall–Kier alpha value is -2.01. The van der Waals surface area contributed by atoms with Crippen molar-refractivity contribution in [1.29, 1.82) is 0 Å². The maximum atomic E-state index is 13.1. The van der Waals surface area contributed by atoms with Gasteiger partial charge in [-0.25, -0.2) is 8.42 Å². The van der Waals surface area contributed by atoms with E-state index in [2.05, 4.69) is 9.99 Å². The smallest absolute Gasteiger partial charge is 0.448 e. The van der Waals surface area contributed by atoms with Crippen molar-refractivity contribution in [3.63, 3.8) is 0 Å². The van der Waals surface area contributed by atoms with Crippen LogP contribution >= 0.6 is 0 Å². The van der Waals surface area contributed by atoms with Gasteiger partial charge < -0.3 is 9.57 Å². The minimum atomic E-state index is -4.64. The number of nitrogens with zero attached hydrogens (tertiary/aromatic N) is 3. The summed E-state index contributed by atoms with van der Waals surface area (Å²) in [6, 6.07) is 6.22. The first-order valence-corrected chi connectivity index (χ1v) is 10.1. The SMILES string of the molecule is CCCS(=O)(=O)N1CCC(Oc2ccccc2N2C=NOC2C(F)(F)F)C1. The molecule has 0 bridgehead atoms. The number of alkyl halides is 3. The number of ether oxygens (including phenoxy) is 1. The monoisotopic (exact) mass is 407 g/mol. The van der Waals surface area contributed by atoms with Gasteiger partial charge in [-0.3, -0.25) is 4.90 Å². The molecule has 2 aliphatic heterocycles. The van der Waals surface area contributed by atoms with Gasteiger partial charge in [-0.15, -0.1) is 0 Å². The van der Waals surface area contributed by atoms with Gasteiger partial charge in [0.2, 0.25) is 10.0 Å². The van der Waals surface area contributed by atoms with Crippen LogP contribution in [0, 0.1) is 0 Å². The molecule has 3 rings (SSSR count). The first-order valence-electron chi connectivity index (χ1n) is 8.50. The Kier molecular flexibility index (Phi) is 5.52. The predicted molar refractivity (Wildman–Crippen MR) is 93.0 cm³/mol. The van der Waals surface area contributed by atoms with Crippen molar-refractivity contribution in [3.8, 4) is 5.75 Å². The second kappa shape index (κ2) is 7.55. The third-order valence-corrected chi connectivity index (χ3v) is 6.31. The molecule has 0 aromatic heterocycles. The lowest BCUT2D eigenvalue weighted by atomic mass is 10.2. The molecule has 1 saturated heterocycles. The summed E-state index contributed by atoms with van der Waals surface area (Å²) in [6.07, 6.45) is -5.38. The average molecular weight is 407 g/mol. The standard InChI is InChI=1S/C16H20F3N3O4S/c1-2-9-27(23,24)21-8-7-12(10-21)25-14-6-4-3-5-13(14)22-11-20-26-15(22)16(17,18)19/h3-6,11-12,15H,2,7-10H2,1H3. The van der Waals surface area contributed by atoms with E-state index in [1.807, 2.05) is 0 Å². The molecule has 2 heterocycles. The van der Waals surface area contributed by atoms with Gasteiger partial charge in [-0.1, -0.05) is 24.2 Å². The molecule has 7 nitrogen and oxygen atoms in total. The molecule has 1 aromatic carbocycles. The van der Waals surface area contributed by atoms with Gasteiger partial charge in [0.25, 0.3) is 0 Å². The summed E-state index contributed by atoms with van der Waals surface area (Å²) < 4.78 is 70.9. The molecule has 150 valence electrons. The van der Waals surface area contributed by atoms with Gasteiger partial charge >= 0.3 is 12.4 Å². The number of rotatable bonds is 6. The molecule has 0 radical (unpaired) electrons. The summed E-state index contributed by atoms with van der Waals surface area (Å²) in [5.74, 6) is 0.272. The number of anilines is 1. The normalized spacial score (nSPS) is 23.6. The summed E-state index contributed by atoms with van der Waals surface area (Å²) in [6.45, 7) is 2.28. The van der Waals surface area contributed by atoms with E-state index in [0.29, 0.717) is 19.4 Å². The van der Waals surface area contributed by atoms with Crippen LogP contribution in [-0.4, -0.2) is 56.4 Å². The fourth-order valence-electron chi connectivity index (χ4n) is 3.04. The highest BCUT2D eigenvalue weighted by atomic mass is 32.2. The Morgan fingerprint density at radius 1 is 1.33 bits per heavy atom. The highest BCUT2D eigenvalue weighted by molar-refractivity contribution is 7.89. The molecule has 1 fully saturated rings. The quantitative estimate of drug-likeness (QED) is 0.725. The second-order valence-electron chi connectivity index (χ2n) is 6.30. The predicted octanol–water partition coefficient (Wildman–Crippen LogP) is 2.55. The minimum Gasteiger partial charge on any atom is -0.487 e. The Bertz CT molecular complexity index is 800. The van der Waals surface area contributed by atoms with E-state index in [0.717, 1.165) is 11.2 Å². The zero-order valence-corrected chi connectivity index (χ0v) is 15.4. The largest absolute Gasteiger partial charge is 0.487 e. The van der Waals surface area contributed by atoms with E-state index in [1.165, 1.54) is 16.4 Å². The van der Waals surface area contributed by atoms with Crippen molar-refractivity contribution in [2.45, 2.75) is 38.3 Å². The minimum absolute atomic E-state index is 0.0607. The average Bonchev–Trinajstić information content (AvgIpc) is 3.24. The molecule has 2 atom stereocenters. The lowest BCUT2D eigenvalue weighted by Gasteiger charge is -2.26. The van der Waals surface area contributed by atoms with Gasteiger partial charge in [0, 0.05) is 6.54 Å². The highest BCUT2D eigenvalue weighted by Crippen LogP contribution is 2.37. The summed E-state index contributed by atoms with van der Waals surface area (Å²) in [7, 11) is -3.34. The van der Waals surface area contributed by atoms with E-state index >= 15 is 0 Å². The van der Waals surface area contributed by atoms with Crippen LogP contribution in [0.1, 0.15) is 19.8 Å². The zero-order valence-electron chi connectivity index (χ0n) is 14.6. The number of oxime groups is 1. The Labute approximate surface area is 155 Å². The fourth-order valence-corrected chi connectivity index (χ4v) is 4.59. The number of hydrogen-bond acceptors (Lipinski definition) is 6.